The normalized spacial score (nSPS) is 21.5. The molecule has 1 aromatic rings. The van der Waals surface area contributed by atoms with Gasteiger partial charge in [-0.25, -0.2) is 0 Å². The number of nitrogens with zero attached hydrogens (tertiary/aromatic N) is 3. The molecule has 0 amide bonds. The molecule has 1 aromatic heterocycles. The van der Waals surface area contributed by atoms with E-state index in [9.17, 15) is 0 Å². The number of rotatable bonds is 5. The van der Waals surface area contributed by atoms with Gasteiger partial charge in [-0.05, 0) is 40.3 Å². The molecule has 1 aliphatic heterocycles. The first-order valence-corrected chi connectivity index (χ1v) is 6.62. The Labute approximate surface area is 104 Å². The van der Waals surface area contributed by atoms with Crippen LogP contribution in [0.4, 0.5) is 0 Å². The number of likely N-dealkylation sites (N-methyl/N-ethyl adjacent to an activating group) is 1. The Hall–Kier alpha value is -0.870. The van der Waals surface area contributed by atoms with Gasteiger partial charge in [0.15, 0.2) is 0 Å². The highest BCUT2D eigenvalue weighted by Gasteiger charge is 2.23. The highest BCUT2D eigenvalue weighted by molar-refractivity contribution is 5.05. The highest BCUT2D eigenvalue weighted by Crippen LogP contribution is 2.19. The predicted octanol–water partition coefficient (Wildman–Crippen LogP) is 1.65. The van der Waals surface area contributed by atoms with Crippen LogP contribution < -0.4 is 5.32 Å². The summed E-state index contributed by atoms with van der Waals surface area (Å²) in [6, 6.07) is 1.15. The molecule has 1 N–H and O–H groups in total. The smallest absolute Gasteiger partial charge is 0.0534 e. The van der Waals surface area contributed by atoms with Crippen LogP contribution in [0.15, 0.2) is 12.4 Å². The molecular weight excluding hydrogens is 212 g/mol. The van der Waals surface area contributed by atoms with Crippen molar-refractivity contribution in [3.8, 4) is 0 Å². The summed E-state index contributed by atoms with van der Waals surface area (Å²) in [7, 11) is 2.04. The largest absolute Gasteiger partial charge is 0.318 e. The summed E-state index contributed by atoms with van der Waals surface area (Å²) in [6.07, 6.45) is 6.83. The van der Waals surface area contributed by atoms with Crippen molar-refractivity contribution in [2.24, 2.45) is 0 Å². The van der Waals surface area contributed by atoms with Crippen LogP contribution in [0.2, 0.25) is 0 Å². The van der Waals surface area contributed by atoms with Crippen molar-refractivity contribution < 1.29 is 0 Å². The molecule has 1 fully saturated rings. The molecule has 2 rings (SSSR count). The van der Waals surface area contributed by atoms with Gasteiger partial charge in [-0.2, -0.15) is 5.10 Å². The monoisotopic (exact) mass is 236 g/mol. The van der Waals surface area contributed by atoms with Gasteiger partial charge >= 0.3 is 0 Å². The minimum absolute atomic E-state index is 0.454. The zero-order valence-corrected chi connectivity index (χ0v) is 11.2. The van der Waals surface area contributed by atoms with Gasteiger partial charge in [0.25, 0.3) is 0 Å². The quantitative estimate of drug-likeness (QED) is 0.844. The van der Waals surface area contributed by atoms with Crippen molar-refractivity contribution in [3.63, 3.8) is 0 Å². The van der Waals surface area contributed by atoms with Crippen LogP contribution in [-0.2, 0) is 6.54 Å². The molecule has 0 saturated carbocycles. The number of likely N-dealkylation sites (tertiary alicyclic amines) is 1. The number of hydrogen-bond donors (Lipinski definition) is 1. The van der Waals surface area contributed by atoms with Crippen molar-refractivity contribution in [3.05, 3.63) is 18.0 Å². The van der Waals surface area contributed by atoms with E-state index in [0.29, 0.717) is 12.1 Å². The van der Waals surface area contributed by atoms with Crippen LogP contribution in [0.1, 0.15) is 38.3 Å². The Balaban J connectivity index is 1.94. The Morgan fingerprint density at radius 2 is 2.35 bits per heavy atom. The summed E-state index contributed by atoms with van der Waals surface area (Å²) < 4.78 is 2.04. The van der Waals surface area contributed by atoms with E-state index in [1.807, 2.05) is 17.9 Å². The van der Waals surface area contributed by atoms with E-state index in [1.54, 1.807) is 0 Å². The van der Waals surface area contributed by atoms with Crippen LogP contribution >= 0.6 is 0 Å². The summed E-state index contributed by atoms with van der Waals surface area (Å²) in [5, 5.41) is 7.69. The third-order valence-electron chi connectivity index (χ3n) is 3.51. The number of nitrogens with one attached hydrogen (secondary N) is 1. The second-order valence-corrected chi connectivity index (χ2v) is 5.25. The topological polar surface area (TPSA) is 33.1 Å². The molecule has 4 nitrogen and oxygen atoms in total. The zero-order chi connectivity index (χ0) is 12.3. The van der Waals surface area contributed by atoms with Gasteiger partial charge in [0.05, 0.1) is 6.20 Å². The van der Waals surface area contributed by atoms with E-state index in [0.717, 1.165) is 13.1 Å². The Morgan fingerprint density at radius 1 is 1.53 bits per heavy atom. The van der Waals surface area contributed by atoms with Crippen LogP contribution in [0.25, 0.3) is 0 Å². The van der Waals surface area contributed by atoms with E-state index < -0.39 is 0 Å². The summed E-state index contributed by atoms with van der Waals surface area (Å²) in [5.74, 6) is 0. The summed E-state index contributed by atoms with van der Waals surface area (Å²) >= 11 is 0. The van der Waals surface area contributed by atoms with E-state index in [1.165, 1.54) is 24.9 Å². The SMILES string of the molecule is CNCC1CCCN1Cc1cnn(C(C)C)c1. The van der Waals surface area contributed by atoms with Gasteiger partial charge < -0.3 is 5.32 Å². The van der Waals surface area contributed by atoms with E-state index >= 15 is 0 Å². The first-order chi connectivity index (χ1) is 8.20. The zero-order valence-electron chi connectivity index (χ0n) is 11.2. The standard InChI is InChI=1S/C13H24N4/c1-11(2)17-10-12(7-15-17)9-16-6-4-5-13(16)8-14-3/h7,10-11,13-14H,4-6,8-9H2,1-3H3. The molecule has 0 radical (unpaired) electrons. The van der Waals surface area contributed by atoms with E-state index in [4.69, 9.17) is 0 Å². The summed E-state index contributed by atoms with van der Waals surface area (Å²) in [5.41, 5.74) is 1.33. The maximum absolute atomic E-state index is 4.40. The minimum Gasteiger partial charge on any atom is -0.318 e. The molecule has 0 bridgehead atoms. The Bertz CT molecular complexity index is 345. The maximum atomic E-state index is 4.40. The molecule has 1 atom stereocenters. The molecule has 2 heterocycles. The molecule has 0 spiro atoms. The van der Waals surface area contributed by atoms with E-state index in [2.05, 4.69) is 35.4 Å². The Kier molecular flexibility index (Phi) is 4.18. The third-order valence-corrected chi connectivity index (χ3v) is 3.51. The molecule has 1 unspecified atom stereocenters. The maximum Gasteiger partial charge on any atom is 0.0534 e. The van der Waals surface area contributed by atoms with Crippen LogP contribution in [0.5, 0.6) is 0 Å². The van der Waals surface area contributed by atoms with Crippen molar-refractivity contribution in [2.75, 3.05) is 20.1 Å². The molecule has 1 aliphatic rings. The van der Waals surface area contributed by atoms with E-state index in [-0.39, 0.29) is 0 Å². The summed E-state index contributed by atoms with van der Waals surface area (Å²) in [6.45, 7) is 7.68. The molecule has 1 saturated heterocycles. The van der Waals surface area contributed by atoms with Crippen molar-refractivity contribution in [2.45, 2.75) is 45.3 Å². The highest BCUT2D eigenvalue weighted by atomic mass is 15.3. The number of aromatic nitrogens is 2. The van der Waals surface area contributed by atoms with Gasteiger partial charge in [-0.1, -0.05) is 0 Å². The first kappa shape index (κ1) is 12.6. The van der Waals surface area contributed by atoms with Crippen molar-refractivity contribution >= 4 is 0 Å². The van der Waals surface area contributed by atoms with Gasteiger partial charge in [-0.3, -0.25) is 9.58 Å². The third kappa shape index (κ3) is 3.07. The second-order valence-electron chi connectivity index (χ2n) is 5.25. The molecule has 96 valence electrons. The minimum atomic E-state index is 0.454. The average Bonchev–Trinajstić information content (AvgIpc) is 2.90. The lowest BCUT2D eigenvalue weighted by Gasteiger charge is -2.23. The molecule has 0 aliphatic carbocycles. The molecule has 17 heavy (non-hydrogen) atoms. The first-order valence-electron chi connectivity index (χ1n) is 6.62. The fraction of sp³-hybridized carbons (Fsp3) is 0.769. The Morgan fingerprint density at radius 3 is 3.00 bits per heavy atom. The van der Waals surface area contributed by atoms with Gasteiger partial charge in [-0.15, -0.1) is 0 Å². The fourth-order valence-electron chi connectivity index (χ4n) is 2.55. The van der Waals surface area contributed by atoms with Gasteiger partial charge in [0.2, 0.25) is 0 Å². The van der Waals surface area contributed by atoms with Crippen molar-refractivity contribution in [1.82, 2.24) is 20.0 Å². The summed E-state index contributed by atoms with van der Waals surface area (Å²) in [4.78, 5) is 2.57. The lowest BCUT2D eigenvalue weighted by atomic mass is 10.2. The lowest BCUT2D eigenvalue weighted by Crippen LogP contribution is -2.36. The van der Waals surface area contributed by atoms with Crippen LogP contribution in [0, 0.1) is 0 Å². The molecule has 4 heteroatoms. The van der Waals surface area contributed by atoms with Gasteiger partial charge in [0.1, 0.15) is 0 Å². The average molecular weight is 236 g/mol. The van der Waals surface area contributed by atoms with Crippen LogP contribution in [0.3, 0.4) is 0 Å². The molecule has 0 aromatic carbocycles. The van der Waals surface area contributed by atoms with Crippen molar-refractivity contribution in [1.29, 1.82) is 0 Å². The lowest BCUT2D eigenvalue weighted by molar-refractivity contribution is 0.242. The number of hydrogen-bond acceptors (Lipinski definition) is 3. The van der Waals surface area contributed by atoms with Gasteiger partial charge in [0, 0.05) is 36.9 Å². The second kappa shape index (κ2) is 5.65. The predicted molar refractivity (Wildman–Crippen MR) is 70.0 cm³/mol. The molecular formula is C13H24N4. The van der Waals surface area contributed by atoms with Crippen LogP contribution in [-0.4, -0.2) is 40.9 Å². The fourth-order valence-corrected chi connectivity index (χ4v) is 2.55.